The number of amides is 1. The van der Waals surface area contributed by atoms with Gasteiger partial charge in [0.1, 0.15) is 0 Å². The third kappa shape index (κ3) is 6.88. The van der Waals surface area contributed by atoms with Gasteiger partial charge in [0.25, 0.3) is 0 Å². The minimum absolute atomic E-state index is 0.0149. The Labute approximate surface area is 138 Å². The molecule has 0 radical (unpaired) electrons. The molecular weight excluding hydrogens is 296 g/mol. The maximum atomic E-state index is 11.6. The molecule has 0 aliphatic carbocycles. The Morgan fingerprint density at radius 2 is 1.91 bits per heavy atom. The monoisotopic (exact) mass is 326 g/mol. The Morgan fingerprint density at radius 1 is 1.22 bits per heavy atom. The molecule has 1 fully saturated rings. The van der Waals surface area contributed by atoms with E-state index in [0.29, 0.717) is 19.5 Å². The van der Waals surface area contributed by atoms with E-state index >= 15 is 0 Å². The van der Waals surface area contributed by atoms with Crippen LogP contribution in [-0.4, -0.2) is 62.6 Å². The van der Waals surface area contributed by atoms with Crippen molar-refractivity contribution >= 4 is 17.8 Å². The summed E-state index contributed by atoms with van der Waals surface area (Å²) >= 11 is 0. The summed E-state index contributed by atoms with van der Waals surface area (Å²) in [6.45, 7) is 7.54. The van der Waals surface area contributed by atoms with Gasteiger partial charge in [-0.05, 0) is 26.2 Å². The Balaban J connectivity index is 2.46. The highest BCUT2D eigenvalue weighted by Gasteiger charge is 2.26. The Kier molecular flexibility index (Phi) is 9.09. The number of carbonyl (C=O) groups excluding carboxylic acids is 2. The molecule has 1 rings (SSSR count). The van der Waals surface area contributed by atoms with Crippen molar-refractivity contribution < 1.29 is 14.3 Å². The number of likely N-dealkylation sites (tertiary alicyclic amines) is 1. The minimum atomic E-state index is -0.126. The number of hydrogen-bond donors (Lipinski definition) is 2. The van der Waals surface area contributed by atoms with Crippen molar-refractivity contribution in [2.45, 2.75) is 39.5 Å². The van der Waals surface area contributed by atoms with Gasteiger partial charge < -0.3 is 20.3 Å². The van der Waals surface area contributed by atoms with Crippen molar-refractivity contribution in [1.82, 2.24) is 15.5 Å². The van der Waals surface area contributed by atoms with Crippen LogP contribution in [0.3, 0.4) is 0 Å². The van der Waals surface area contributed by atoms with Gasteiger partial charge in [-0.1, -0.05) is 6.92 Å². The lowest BCUT2D eigenvalue weighted by Gasteiger charge is -2.33. The summed E-state index contributed by atoms with van der Waals surface area (Å²) in [4.78, 5) is 29.8. The van der Waals surface area contributed by atoms with Crippen molar-refractivity contribution in [3.8, 4) is 0 Å². The number of piperidine rings is 1. The van der Waals surface area contributed by atoms with Gasteiger partial charge in [-0.25, -0.2) is 0 Å². The molecule has 1 aliphatic heterocycles. The molecule has 7 heteroatoms. The fourth-order valence-corrected chi connectivity index (χ4v) is 2.54. The molecule has 0 atom stereocenters. The number of nitrogens with one attached hydrogen (secondary N) is 2. The maximum Gasteiger partial charge on any atom is 0.308 e. The number of nitrogens with zero attached hydrogens (tertiary/aromatic N) is 2. The standard InChI is InChI=1S/C16H30N4O3/c1-4-9-18-14(21)6-10-19-16(17-5-2)20-11-7-13(8-12-20)15(22)23-3/h13H,4-12H2,1-3H3,(H,17,19)(H,18,21). The van der Waals surface area contributed by atoms with Gasteiger partial charge in [-0.3, -0.25) is 14.6 Å². The van der Waals surface area contributed by atoms with E-state index in [9.17, 15) is 9.59 Å². The molecule has 1 amide bonds. The predicted molar refractivity (Wildman–Crippen MR) is 90.2 cm³/mol. The molecule has 2 N–H and O–H groups in total. The summed E-state index contributed by atoms with van der Waals surface area (Å²) in [5.41, 5.74) is 0. The van der Waals surface area contributed by atoms with Crippen LogP contribution in [0.25, 0.3) is 0 Å². The van der Waals surface area contributed by atoms with E-state index in [1.165, 1.54) is 7.11 Å². The lowest BCUT2D eigenvalue weighted by Crippen LogP contribution is -2.46. The second kappa shape index (κ2) is 10.9. The molecule has 0 unspecified atom stereocenters. The van der Waals surface area contributed by atoms with E-state index in [2.05, 4.69) is 20.5 Å². The molecule has 7 nitrogen and oxygen atoms in total. The maximum absolute atomic E-state index is 11.6. The highest BCUT2D eigenvalue weighted by atomic mass is 16.5. The molecule has 132 valence electrons. The van der Waals surface area contributed by atoms with E-state index < -0.39 is 0 Å². The van der Waals surface area contributed by atoms with Crippen LogP contribution in [0.1, 0.15) is 39.5 Å². The second-order valence-electron chi connectivity index (χ2n) is 5.62. The molecule has 0 aromatic heterocycles. The van der Waals surface area contributed by atoms with Gasteiger partial charge in [-0.2, -0.15) is 0 Å². The third-order valence-electron chi connectivity index (χ3n) is 3.84. The van der Waals surface area contributed by atoms with Gasteiger partial charge in [0, 0.05) is 32.6 Å². The van der Waals surface area contributed by atoms with Gasteiger partial charge in [-0.15, -0.1) is 0 Å². The summed E-state index contributed by atoms with van der Waals surface area (Å²) in [6, 6.07) is 0. The highest BCUT2D eigenvalue weighted by molar-refractivity contribution is 5.81. The van der Waals surface area contributed by atoms with Crippen LogP contribution < -0.4 is 10.6 Å². The molecule has 0 aromatic carbocycles. The number of rotatable bonds is 7. The molecule has 0 saturated carbocycles. The van der Waals surface area contributed by atoms with E-state index in [0.717, 1.165) is 44.9 Å². The molecule has 0 bridgehead atoms. The van der Waals surface area contributed by atoms with Crippen molar-refractivity contribution in [3.63, 3.8) is 0 Å². The molecular formula is C16H30N4O3. The largest absolute Gasteiger partial charge is 0.469 e. The summed E-state index contributed by atoms with van der Waals surface area (Å²) in [5, 5.41) is 6.10. The first-order valence-corrected chi connectivity index (χ1v) is 8.50. The number of ether oxygens (including phenoxy) is 1. The molecule has 1 aliphatic rings. The lowest BCUT2D eigenvalue weighted by molar-refractivity contribution is -0.146. The van der Waals surface area contributed by atoms with Crippen LogP contribution in [0.5, 0.6) is 0 Å². The molecule has 1 heterocycles. The average molecular weight is 326 g/mol. The van der Waals surface area contributed by atoms with Crippen LogP contribution in [0.4, 0.5) is 0 Å². The number of methoxy groups -OCH3 is 1. The molecule has 0 aromatic rings. The summed E-state index contributed by atoms with van der Waals surface area (Å²) < 4.78 is 4.81. The zero-order valence-electron chi connectivity index (χ0n) is 14.6. The van der Waals surface area contributed by atoms with Gasteiger partial charge >= 0.3 is 5.97 Å². The van der Waals surface area contributed by atoms with Crippen LogP contribution in [-0.2, 0) is 14.3 Å². The van der Waals surface area contributed by atoms with E-state index in [4.69, 9.17) is 4.74 Å². The topological polar surface area (TPSA) is 83.0 Å². The van der Waals surface area contributed by atoms with Gasteiger partial charge in [0.05, 0.1) is 19.6 Å². The van der Waals surface area contributed by atoms with Crippen LogP contribution in [0, 0.1) is 5.92 Å². The van der Waals surface area contributed by atoms with Crippen molar-refractivity contribution in [3.05, 3.63) is 0 Å². The quantitative estimate of drug-likeness (QED) is 0.410. The summed E-state index contributed by atoms with van der Waals surface area (Å²) in [6.07, 6.45) is 2.88. The normalized spacial score (nSPS) is 16.1. The number of carbonyl (C=O) groups is 2. The zero-order valence-corrected chi connectivity index (χ0v) is 14.6. The van der Waals surface area contributed by atoms with Gasteiger partial charge in [0.15, 0.2) is 5.96 Å². The Bertz CT molecular complexity index is 404. The molecule has 0 spiro atoms. The van der Waals surface area contributed by atoms with Crippen LogP contribution >= 0.6 is 0 Å². The summed E-state index contributed by atoms with van der Waals surface area (Å²) in [7, 11) is 1.43. The zero-order chi connectivity index (χ0) is 17.1. The van der Waals surface area contributed by atoms with Crippen molar-refractivity contribution in [2.75, 3.05) is 39.8 Å². The Morgan fingerprint density at radius 3 is 2.48 bits per heavy atom. The average Bonchev–Trinajstić information content (AvgIpc) is 2.58. The SMILES string of the molecule is CCCNC(=O)CCN=C(NCC)N1CCC(C(=O)OC)CC1. The number of esters is 1. The first kappa shape index (κ1) is 19.3. The van der Waals surface area contributed by atoms with E-state index in [1.54, 1.807) is 0 Å². The molecule has 23 heavy (non-hydrogen) atoms. The number of aliphatic imine (C=N–C) groups is 1. The lowest BCUT2D eigenvalue weighted by atomic mass is 9.97. The smallest absolute Gasteiger partial charge is 0.308 e. The Hall–Kier alpha value is -1.79. The molecule has 1 saturated heterocycles. The second-order valence-corrected chi connectivity index (χ2v) is 5.62. The van der Waals surface area contributed by atoms with E-state index in [-0.39, 0.29) is 17.8 Å². The van der Waals surface area contributed by atoms with E-state index in [1.807, 2.05) is 13.8 Å². The van der Waals surface area contributed by atoms with Gasteiger partial charge in [0.2, 0.25) is 5.91 Å². The van der Waals surface area contributed by atoms with Crippen molar-refractivity contribution in [2.24, 2.45) is 10.9 Å². The van der Waals surface area contributed by atoms with Crippen LogP contribution in [0.2, 0.25) is 0 Å². The predicted octanol–water partition coefficient (Wildman–Crippen LogP) is 0.753. The minimum Gasteiger partial charge on any atom is -0.469 e. The third-order valence-corrected chi connectivity index (χ3v) is 3.84. The van der Waals surface area contributed by atoms with Crippen LogP contribution in [0.15, 0.2) is 4.99 Å². The first-order valence-electron chi connectivity index (χ1n) is 8.50. The highest BCUT2D eigenvalue weighted by Crippen LogP contribution is 2.18. The number of hydrogen-bond acceptors (Lipinski definition) is 4. The van der Waals surface area contributed by atoms with Crippen molar-refractivity contribution in [1.29, 1.82) is 0 Å². The first-order chi connectivity index (χ1) is 11.1. The number of guanidine groups is 1. The fraction of sp³-hybridized carbons (Fsp3) is 0.812. The fourth-order valence-electron chi connectivity index (χ4n) is 2.54. The summed E-state index contributed by atoms with van der Waals surface area (Å²) in [5.74, 6) is 0.716.